The van der Waals surface area contributed by atoms with E-state index in [-0.39, 0.29) is 0 Å². The summed E-state index contributed by atoms with van der Waals surface area (Å²) in [6, 6.07) is 6.44. The van der Waals surface area contributed by atoms with Gasteiger partial charge in [0.1, 0.15) is 0 Å². The van der Waals surface area contributed by atoms with Crippen LogP contribution in [-0.4, -0.2) is 28.2 Å². The molecule has 1 aliphatic rings. The molecule has 2 unspecified atom stereocenters. The molecular formula is C16H22N4O. The normalized spacial score (nSPS) is 22.3. The Morgan fingerprint density at radius 1 is 1.29 bits per heavy atom. The average molecular weight is 286 g/mol. The summed E-state index contributed by atoms with van der Waals surface area (Å²) < 4.78 is 5.42. The third kappa shape index (κ3) is 3.67. The van der Waals surface area contributed by atoms with Gasteiger partial charge in [-0.25, -0.2) is 0 Å². The lowest BCUT2D eigenvalue weighted by Crippen LogP contribution is -2.37. The predicted molar refractivity (Wildman–Crippen MR) is 79.9 cm³/mol. The first-order valence-corrected chi connectivity index (χ1v) is 7.74. The van der Waals surface area contributed by atoms with Crippen molar-refractivity contribution in [2.45, 2.75) is 44.6 Å². The maximum atomic E-state index is 5.42. The van der Waals surface area contributed by atoms with Crippen LogP contribution in [0.25, 0.3) is 0 Å². The fraction of sp³-hybridized carbons (Fsp3) is 0.562. The Hall–Kier alpha value is -1.75. The van der Waals surface area contributed by atoms with Crippen LogP contribution in [0, 0.1) is 5.92 Å². The van der Waals surface area contributed by atoms with E-state index < -0.39 is 0 Å². The lowest BCUT2D eigenvalue weighted by Gasteiger charge is -2.30. The highest BCUT2D eigenvalue weighted by atomic mass is 16.5. The summed E-state index contributed by atoms with van der Waals surface area (Å²) in [6.07, 6.45) is 8.40. The molecule has 1 fully saturated rings. The van der Waals surface area contributed by atoms with Crippen LogP contribution < -0.4 is 5.32 Å². The van der Waals surface area contributed by atoms with Crippen molar-refractivity contribution < 1.29 is 4.52 Å². The minimum Gasteiger partial charge on any atom is -0.339 e. The number of pyridine rings is 1. The Labute approximate surface area is 125 Å². The van der Waals surface area contributed by atoms with Crippen molar-refractivity contribution in [3.63, 3.8) is 0 Å². The van der Waals surface area contributed by atoms with Crippen molar-refractivity contribution >= 4 is 0 Å². The zero-order valence-electron chi connectivity index (χ0n) is 12.5. The molecule has 0 aromatic carbocycles. The standard InChI is InChI=1S/C16H22N4O/c1-17-14-8-3-2-6-12(14)10-16-19-15(20-21-16)11-13-7-4-5-9-18-13/h4-5,7,9,12,14,17H,2-3,6,8,10-11H2,1H3. The quantitative estimate of drug-likeness (QED) is 0.914. The van der Waals surface area contributed by atoms with Gasteiger partial charge in [-0.05, 0) is 37.9 Å². The maximum Gasteiger partial charge on any atom is 0.226 e. The van der Waals surface area contributed by atoms with Gasteiger partial charge in [-0.3, -0.25) is 4.98 Å². The Bertz CT molecular complexity index is 554. The highest BCUT2D eigenvalue weighted by Crippen LogP contribution is 2.27. The monoisotopic (exact) mass is 286 g/mol. The highest BCUT2D eigenvalue weighted by molar-refractivity contribution is 5.09. The number of hydrogen-bond acceptors (Lipinski definition) is 5. The van der Waals surface area contributed by atoms with Crippen LogP contribution in [0.15, 0.2) is 28.9 Å². The van der Waals surface area contributed by atoms with E-state index in [0.29, 0.717) is 18.4 Å². The molecule has 112 valence electrons. The van der Waals surface area contributed by atoms with Gasteiger partial charge < -0.3 is 9.84 Å². The highest BCUT2D eigenvalue weighted by Gasteiger charge is 2.25. The van der Waals surface area contributed by atoms with Crippen LogP contribution in [0.4, 0.5) is 0 Å². The van der Waals surface area contributed by atoms with Gasteiger partial charge in [0.15, 0.2) is 5.82 Å². The van der Waals surface area contributed by atoms with E-state index in [0.717, 1.165) is 23.8 Å². The summed E-state index contributed by atoms with van der Waals surface area (Å²) in [5.74, 6) is 2.08. The Morgan fingerprint density at radius 3 is 3.00 bits per heavy atom. The minimum atomic E-state index is 0.574. The maximum absolute atomic E-state index is 5.42. The zero-order valence-corrected chi connectivity index (χ0v) is 12.5. The van der Waals surface area contributed by atoms with Gasteiger partial charge in [0, 0.05) is 24.4 Å². The number of nitrogens with zero attached hydrogens (tertiary/aromatic N) is 3. The van der Waals surface area contributed by atoms with E-state index in [4.69, 9.17) is 4.52 Å². The summed E-state index contributed by atoms with van der Waals surface area (Å²) in [4.78, 5) is 8.82. The van der Waals surface area contributed by atoms with Crippen LogP contribution in [0.3, 0.4) is 0 Å². The molecule has 0 amide bonds. The molecule has 5 heteroatoms. The number of rotatable bonds is 5. The van der Waals surface area contributed by atoms with E-state index in [1.54, 1.807) is 6.20 Å². The zero-order chi connectivity index (χ0) is 14.5. The topological polar surface area (TPSA) is 63.8 Å². The molecule has 2 aromatic heterocycles. The fourth-order valence-corrected chi connectivity index (χ4v) is 3.17. The van der Waals surface area contributed by atoms with Crippen molar-refractivity contribution in [2.75, 3.05) is 7.05 Å². The van der Waals surface area contributed by atoms with E-state index >= 15 is 0 Å². The molecule has 21 heavy (non-hydrogen) atoms. The summed E-state index contributed by atoms with van der Waals surface area (Å²) in [5, 5.41) is 7.50. The second-order valence-corrected chi connectivity index (χ2v) is 5.75. The molecule has 0 aliphatic heterocycles. The van der Waals surface area contributed by atoms with E-state index in [1.165, 1.54) is 25.7 Å². The van der Waals surface area contributed by atoms with Crippen LogP contribution in [0.1, 0.15) is 43.1 Å². The molecule has 2 atom stereocenters. The average Bonchev–Trinajstić information content (AvgIpc) is 2.96. The molecule has 0 spiro atoms. The van der Waals surface area contributed by atoms with Crippen molar-refractivity contribution in [3.05, 3.63) is 41.8 Å². The molecule has 3 rings (SSSR count). The predicted octanol–water partition coefficient (Wildman–Crippen LogP) is 2.38. The Kier molecular flexibility index (Phi) is 4.60. The molecule has 2 heterocycles. The number of nitrogens with one attached hydrogen (secondary N) is 1. The molecule has 5 nitrogen and oxygen atoms in total. The molecule has 0 saturated heterocycles. The molecule has 1 N–H and O–H groups in total. The molecular weight excluding hydrogens is 264 g/mol. The SMILES string of the molecule is CNC1CCCCC1Cc1nc(Cc2ccccn2)no1. The summed E-state index contributed by atoms with van der Waals surface area (Å²) in [6.45, 7) is 0. The number of hydrogen-bond donors (Lipinski definition) is 1. The van der Waals surface area contributed by atoms with Gasteiger partial charge in [0.2, 0.25) is 5.89 Å². The summed E-state index contributed by atoms with van der Waals surface area (Å²) in [7, 11) is 2.04. The first-order valence-electron chi connectivity index (χ1n) is 7.74. The van der Waals surface area contributed by atoms with Gasteiger partial charge >= 0.3 is 0 Å². The van der Waals surface area contributed by atoms with Gasteiger partial charge in [0.25, 0.3) is 0 Å². The smallest absolute Gasteiger partial charge is 0.226 e. The third-order valence-electron chi connectivity index (χ3n) is 4.29. The van der Waals surface area contributed by atoms with Gasteiger partial charge in [-0.2, -0.15) is 4.98 Å². The van der Waals surface area contributed by atoms with E-state index in [9.17, 15) is 0 Å². The van der Waals surface area contributed by atoms with E-state index in [1.807, 2.05) is 25.2 Å². The lowest BCUT2D eigenvalue weighted by atomic mass is 9.82. The second-order valence-electron chi connectivity index (χ2n) is 5.75. The Morgan fingerprint density at radius 2 is 2.19 bits per heavy atom. The fourth-order valence-electron chi connectivity index (χ4n) is 3.17. The van der Waals surface area contributed by atoms with Gasteiger partial charge in [-0.1, -0.05) is 24.1 Å². The van der Waals surface area contributed by atoms with Crippen molar-refractivity contribution in [2.24, 2.45) is 5.92 Å². The van der Waals surface area contributed by atoms with Gasteiger partial charge in [0.05, 0.1) is 6.42 Å². The van der Waals surface area contributed by atoms with Crippen molar-refractivity contribution in [1.82, 2.24) is 20.4 Å². The summed E-state index contributed by atoms with van der Waals surface area (Å²) >= 11 is 0. The van der Waals surface area contributed by atoms with Crippen LogP contribution in [0.2, 0.25) is 0 Å². The van der Waals surface area contributed by atoms with Crippen molar-refractivity contribution in [3.8, 4) is 0 Å². The van der Waals surface area contributed by atoms with Crippen LogP contribution in [0.5, 0.6) is 0 Å². The largest absolute Gasteiger partial charge is 0.339 e. The first kappa shape index (κ1) is 14.2. The minimum absolute atomic E-state index is 0.574. The summed E-state index contributed by atoms with van der Waals surface area (Å²) in [5.41, 5.74) is 0.968. The molecule has 1 saturated carbocycles. The number of aromatic nitrogens is 3. The molecule has 0 radical (unpaired) electrons. The second kappa shape index (κ2) is 6.80. The van der Waals surface area contributed by atoms with Crippen molar-refractivity contribution in [1.29, 1.82) is 0 Å². The lowest BCUT2D eigenvalue weighted by molar-refractivity contribution is 0.248. The molecule has 1 aliphatic carbocycles. The first-order chi connectivity index (χ1) is 10.3. The third-order valence-corrected chi connectivity index (χ3v) is 4.29. The van der Waals surface area contributed by atoms with Gasteiger partial charge in [-0.15, -0.1) is 0 Å². The Balaban J connectivity index is 1.62. The molecule has 0 bridgehead atoms. The molecule has 2 aromatic rings. The van der Waals surface area contributed by atoms with E-state index in [2.05, 4.69) is 20.4 Å². The van der Waals surface area contributed by atoms with Crippen LogP contribution >= 0.6 is 0 Å². The van der Waals surface area contributed by atoms with Crippen LogP contribution in [-0.2, 0) is 12.8 Å².